The van der Waals surface area contributed by atoms with E-state index in [0.29, 0.717) is 0 Å². The van der Waals surface area contributed by atoms with Gasteiger partial charge in [-0.3, -0.25) is 9.97 Å². The van der Waals surface area contributed by atoms with Crippen molar-refractivity contribution in [1.82, 2.24) is 9.97 Å². The summed E-state index contributed by atoms with van der Waals surface area (Å²) >= 11 is 0. The van der Waals surface area contributed by atoms with Gasteiger partial charge in [-0.1, -0.05) is 20.8 Å². The first-order chi connectivity index (χ1) is 6.98. The molecule has 0 saturated carbocycles. The number of hydrogen-bond acceptors (Lipinski definition) is 2. The van der Waals surface area contributed by atoms with Crippen molar-refractivity contribution in [3.8, 4) is 0 Å². The summed E-state index contributed by atoms with van der Waals surface area (Å²) in [6.45, 7) is 8.66. The molecule has 0 unspecified atom stereocenters. The van der Waals surface area contributed by atoms with Gasteiger partial charge in [0.05, 0.1) is 11.0 Å². The van der Waals surface area contributed by atoms with Gasteiger partial charge in [-0.2, -0.15) is 0 Å². The number of pyridine rings is 2. The van der Waals surface area contributed by atoms with Crippen LogP contribution in [0.4, 0.5) is 0 Å². The third-order valence-electron chi connectivity index (χ3n) is 2.58. The van der Waals surface area contributed by atoms with Crippen molar-refractivity contribution in [3.05, 3.63) is 35.7 Å². The minimum absolute atomic E-state index is 0.128. The lowest BCUT2D eigenvalue weighted by molar-refractivity contribution is 0.583. The van der Waals surface area contributed by atoms with E-state index in [0.717, 1.165) is 16.7 Å². The summed E-state index contributed by atoms with van der Waals surface area (Å²) in [5.74, 6) is 0. The van der Waals surface area contributed by atoms with Crippen LogP contribution in [0.1, 0.15) is 32.0 Å². The molecule has 2 heteroatoms. The fourth-order valence-corrected chi connectivity index (χ4v) is 1.86. The summed E-state index contributed by atoms with van der Waals surface area (Å²) in [7, 11) is 0. The Morgan fingerprint density at radius 3 is 2.53 bits per heavy atom. The van der Waals surface area contributed by atoms with Crippen LogP contribution in [-0.2, 0) is 5.41 Å². The highest BCUT2D eigenvalue weighted by atomic mass is 14.8. The molecule has 0 aliphatic carbocycles. The molecule has 2 nitrogen and oxygen atoms in total. The zero-order chi connectivity index (χ0) is 11.1. The van der Waals surface area contributed by atoms with Gasteiger partial charge in [0.1, 0.15) is 0 Å². The van der Waals surface area contributed by atoms with E-state index in [4.69, 9.17) is 0 Å². The second kappa shape index (κ2) is 3.30. The lowest BCUT2D eigenvalue weighted by atomic mass is 9.86. The smallest absolute Gasteiger partial charge is 0.0890 e. The van der Waals surface area contributed by atoms with Crippen molar-refractivity contribution in [2.75, 3.05) is 0 Å². The Morgan fingerprint density at radius 2 is 1.87 bits per heavy atom. The van der Waals surface area contributed by atoms with Crippen LogP contribution < -0.4 is 0 Å². The summed E-state index contributed by atoms with van der Waals surface area (Å²) in [6, 6.07) is 6.07. The first kappa shape index (κ1) is 10.1. The third kappa shape index (κ3) is 1.84. The van der Waals surface area contributed by atoms with E-state index in [9.17, 15) is 0 Å². The second-order valence-electron chi connectivity index (χ2n) is 4.91. The maximum absolute atomic E-state index is 4.58. The zero-order valence-corrected chi connectivity index (χ0v) is 9.70. The molecule has 0 fully saturated rings. The predicted octanol–water partition coefficient (Wildman–Crippen LogP) is 3.24. The van der Waals surface area contributed by atoms with Gasteiger partial charge in [0.25, 0.3) is 0 Å². The molecule has 0 spiro atoms. The Hall–Kier alpha value is -1.44. The number of aromatic nitrogens is 2. The topological polar surface area (TPSA) is 25.8 Å². The van der Waals surface area contributed by atoms with Crippen molar-refractivity contribution in [2.24, 2.45) is 0 Å². The number of hydrogen-bond donors (Lipinski definition) is 0. The highest BCUT2D eigenvalue weighted by molar-refractivity contribution is 5.75. The molecule has 78 valence electrons. The molecule has 0 atom stereocenters. The standard InChI is InChI=1S/C13H16N2/c1-9-10(13(2,3)4)8-12-11(15-9)6-5-7-14-12/h5-8H,1-4H3. The van der Waals surface area contributed by atoms with Crippen LogP contribution >= 0.6 is 0 Å². The van der Waals surface area contributed by atoms with Crippen LogP contribution in [0, 0.1) is 6.92 Å². The Bertz CT molecular complexity index is 495. The molecule has 0 aliphatic rings. The average Bonchev–Trinajstić information content (AvgIpc) is 2.15. The van der Waals surface area contributed by atoms with Gasteiger partial charge in [0, 0.05) is 11.9 Å². The highest BCUT2D eigenvalue weighted by Gasteiger charge is 2.17. The molecule has 0 radical (unpaired) electrons. The van der Waals surface area contributed by atoms with Gasteiger partial charge in [-0.05, 0) is 36.1 Å². The molecule has 0 N–H and O–H groups in total. The molecule has 15 heavy (non-hydrogen) atoms. The Morgan fingerprint density at radius 1 is 1.13 bits per heavy atom. The maximum Gasteiger partial charge on any atom is 0.0890 e. The number of rotatable bonds is 0. The molecular formula is C13H16N2. The predicted molar refractivity (Wildman–Crippen MR) is 63.0 cm³/mol. The van der Waals surface area contributed by atoms with E-state index in [1.54, 1.807) is 0 Å². The van der Waals surface area contributed by atoms with E-state index in [1.165, 1.54) is 5.56 Å². The van der Waals surface area contributed by atoms with Crippen molar-refractivity contribution < 1.29 is 0 Å². The molecule has 2 heterocycles. The summed E-state index contributed by atoms with van der Waals surface area (Å²) in [5, 5.41) is 0. The summed E-state index contributed by atoms with van der Waals surface area (Å²) < 4.78 is 0. The average molecular weight is 200 g/mol. The largest absolute Gasteiger partial charge is 0.255 e. The SMILES string of the molecule is Cc1nc2cccnc2cc1C(C)(C)C. The molecule has 2 rings (SSSR count). The minimum atomic E-state index is 0.128. The lowest BCUT2D eigenvalue weighted by Gasteiger charge is -2.21. The van der Waals surface area contributed by atoms with Crippen molar-refractivity contribution in [3.63, 3.8) is 0 Å². The summed E-state index contributed by atoms with van der Waals surface area (Å²) in [6.07, 6.45) is 1.81. The zero-order valence-electron chi connectivity index (χ0n) is 9.70. The second-order valence-corrected chi connectivity index (χ2v) is 4.91. The van der Waals surface area contributed by atoms with Gasteiger partial charge in [0.2, 0.25) is 0 Å². The number of fused-ring (bicyclic) bond motifs is 1. The van der Waals surface area contributed by atoms with E-state index in [-0.39, 0.29) is 5.41 Å². The van der Waals surface area contributed by atoms with Crippen LogP contribution in [0.5, 0.6) is 0 Å². The quantitative estimate of drug-likeness (QED) is 0.652. The minimum Gasteiger partial charge on any atom is -0.255 e. The first-order valence-corrected chi connectivity index (χ1v) is 5.21. The molecule has 0 aliphatic heterocycles. The Kier molecular flexibility index (Phi) is 2.22. The van der Waals surface area contributed by atoms with Gasteiger partial charge in [-0.25, -0.2) is 0 Å². The number of nitrogens with zero attached hydrogens (tertiary/aromatic N) is 2. The number of aryl methyl sites for hydroxylation is 1. The first-order valence-electron chi connectivity index (χ1n) is 5.21. The van der Waals surface area contributed by atoms with Crippen LogP contribution in [0.15, 0.2) is 24.4 Å². The molecule has 0 saturated heterocycles. The van der Waals surface area contributed by atoms with E-state index >= 15 is 0 Å². The molecule has 2 aromatic rings. The van der Waals surface area contributed by atoms with Crippen molar-refractivity contribution in [2.45, 2.75) is 33.1 Å². The van der Waals surface area contributed by atoms with Gasteiger partial charge < -0.3 is 0 Å². The molecular weight excluding hydrogens is 184 g/mol. The normalized spacial score (nSPS) is 12.0. The van der Waals surface area contributed by atoms with Crippen LogP contribution in [0.3, 0.4) is 0 Å². The molecule has 2 aromatic heterocycles. The Labute approximate surface area is 90.4 Å². The van der Waals surface area contributed by atoms with Gasteiger partial charge in [0.15, 0.2) is 0 Å². The molecule has 0 bridgehead atoms. The van der Waals surface area contributed by atoms with E-state index in [2.05, 4.69) is 43.7 Å². The fraction of sp³-hybridized carbons (Fsp3) is 0.385. The highest BCUT2D eigenvalue weighted by Crippen LogP contribution is 2.26. The van der Waals surface area contributed by atoms with Gasteiger partial charge >= 0.3 is 0 Å². The summed E-state index contributed by atoms with van der Waals surface area (Å²) in [4.78, 5) is 8.91. The van der Waals surface area contributed by atoms with Crippen molar-refractivity contribution >= 4 is 11.0 Å². The van der Waals surface area contributed by atoms with Crippen LogP contribution in [0.2, 0.25) is 0 Å². The van der Waals surface area contributed by atoms with Crippen LogP contribution in [0.25, 0.3) is 11.0 Å². The van der Waals surface area contributed by atoms with Gasteiger partial charge in [-0.15, -0.1) is 0 Å². The third-order valence-corrected chi connectivity index (χ3v) is 2.58. The Balaban J connectivity index is 2.73. The maximum atomic E-state index is 4.58. The van der Waals surface area contributed by atoms with E-state index in [1.807, 2.05) is 18.3 Å². The monoisotopic (exact) mass is 200 g/mol. The van der Waals surface area contributed by atoms with Crippen molar-refractivity contribution in [1.29, 1.82) is 0 Å². The van der Waals surface area contributed by atoms with E-state index < -0.39 is 0 Å². The lowest BCUT2D eigenvalue weighted by Crippen LogP contribution is -2.14. The fourth-order valence-electron chi connectivity index (χ4n) is 1.86. The van der Waals surface area contributed by atoms with Crippen LogP contribution in [-0.4, -0.2) is 9.97 Å². The molecule has 0 amide bonds. The summed E-state index contributed by atoms with van der Waals surface area (Å²) in [5.41, 5.74) is 4.45. The molecule has 0 aromatic carbocycles.